The van der Waals surface area contributed by atoms with Gasteiger partial charge in [0, 0.05) is 51.9 Å². The normalized spacial score (nSPS) is 14.4. The van der Waals surface area contributed by atoms with Gasteiger partial charge in [0.25, 0.3) is 0 Å². The number of aromatic nitrogens is 1. The van der Waals surface area contributed by atoms with Crippen molar-refractivity contribution in [2.24, 2.45) is 4.99 Å². The number of morpholine rings is 1. The number of aliphatic imine (C=N–C) groups is 1. The number of nitrogens with zero attached hydrogens (tertiary/aromatic N) is 3. The molecule has 0 saturated carbocycles. The van der Waals surface area contributed by atoms with E-state index in [2.05, 4.69) is 55.1 Å². The molecule has 1 fully saturated rings. The Bertz CT molecular complexity index is 886. The van der Waals surface area contributed by atoms with Crippen molar-refractivity contribution in [2.45, 2.75) is 26.4 Å². The van der Waals surface area contributed by atoms with Gasteiger partial charge >= 0.3 is 0 Å². The van der Waals surface area contributed by atoms with Crippen LogP contribution < -0.4 is 16.0 Å². The largest absolute Gasteiger partial charge is 0.379 e. The summed E-state index contributed by atoms with van der Waals surface area (Å²) in [5.41, 5.74) is 3.41. The van der Waals surface area contributed by atoms with E-state index in [1.165, 1.54) is 11.1 Å². The zero-order valence-corrected chi connectivity index (χ0v) is 21.1. The number of benzene rings is 1. The average molecular weight is 552 g/mol. The minimum Gasteiger partial charge on any atom is -0.379 e. The van der Waals surface area contributed by atoms with Gasteiger partial charge in [-0.25, -0.2) is 4.98 Å². The third-order valence-corrected chi connectivity index (χ3v) is 5.09. The molecule has 0 bridgehead atoms. The number of guanidine groups is 1. The number of hydrogen-bond acceptors (Lipinski definition) is 5. The number of aryl methyl sites for hydroxylation is 1. The number of halogens is 1. The summed E-state index contributed by atoms with van der Waals surface area (Å²) in [7, 11) is 1.73. The molecule has 0 spiro atoms. The number of amides is 1. The molecule has 0 radical (unpaired) electrons. The van der Waals surface area contributed by atoms with Gasteiger partial charge in [-0.3, -0.25) is 14.7 Å². The van der Waals surface area contributed by atoms with Crippen molar-refractivity contribution in [1.82, 2.24) is 20.5 Å². The molecule has 1 saturated heterocycles. The second kappa shape index (κ2) is 14.0. The van der Waals surface area contributed by atoms with E-state index in [9.17, 15) is 4.79 Å². The first-order valence-electron chi connectivity index (χ1n) is 10.7. The number of carbonyl (C=O) groups is 1. The van der Waals surface area contributed by atoms with Crippen LogP contribution in [-0.2, 0) is 22.6 Å². The van der Waals surface area contributed by atoms with E-state index in [4.69, 9.17) is 4.74 Å². The number of pyridine rings is 1. The van der Waals surface area contributed by atoms with Crippen molar-refractivity contribution in [1.29, 1.82) is 0 Å². The Labute approximate surface area is 207 Å². The molecular weight excluding hydrogens is 519 g/mol. The molecule has 9 heteroatoms. The Kier molecular flexibility index (Phi) is 11.4. The number of nitrogens with one attached hydrogen (secondary N) is 3. The summed E-state index contributed by atoms with van der Waals surface area (Å²) in [4.78, 5) is 23.1. The van der Waals surface area contributed by atoms with Gasteiger partial charge in [-0.2, -0.15) is 0 Å². The molecule has 3 N–H and O–H groups in total. The second-order valence-corrected chi connectivity index (χ2v) is 7.47. The van der Waals surface area contributed by atoms with Gasteiger partial charge in [-0.05, 0) is 30.2 Å². The predicted molar refractivity (Wildman–Crippen MR) is 138 cm³/mol. The summed E-state index contributed by atoms with van der Waals surface area (Å²) >= 11 is 0. The van der Waals surface area contributed by atoms with Crippen molar-refractivity contribution < 1.29 is 9.53 Å². The summed E-state index contributed by atoms with van der Waals surface area (Å²) in [6, 6.07) is 14.0. The molecule has 1 aliphatic heterocycles. The molecule has 1 amide bonds. The Balaban J connectivity index is 0.00000363. The molecule has 2 aromatic rings. The van der Waals surface area contributed by atoms with Crippen molar-refractivity contribution in [2.75, 3.05) is 45.2 Å². The minimum absolute atomic E-state index is 0. The van der Waals surface area contributed by atoms with Crippen molar-refractivity contribution >= 4 is 41.7 Å². The van der Waals surface area contributed by atoms with Gasteiger partial charge < -0.3 is 20.7 Å². The van der Waals surface area contributed by atoms with E-state index >= 15 is 0 Å². The fourth-order valence-corrected chi connectivity index (χ4v) is 3.40. The number of anilines is 1. The highest BCUT2D eigenvalue weighted by Crippen LogP contribution is 2.13. The zero-order chi connectivity index (χ0) is 21.9. The van der Waals surface area contributed by atoms with Crippen LogP contribution in [0.25, 0.3) is 0 Å². The molecule has 32 heavy (non-hydrogen) atoms. The molecule has 1 aliphatic rings. The molecule has 0 unspecified atom stereocenters. The average Bonchev–Trinajstić information content (AvgIpc) is 2.78. The van der Waals surface area contributed by atoms with Crippen LogP contribution in [0, 0.1) is 6.92 Å². The Morgan fingerprint density at radius 2 is 1.84 bits per heavy atom. The van der Waals surface area contributed by atoms with Crippen molar-refractivity contribution in [3.8, 4) is 0 Å². The number of hydrogen-bond donors (Lipinski definition) is 3. The van der Waals surface area contributed by atoms with Gasteiger partial charge in [0.1, 0.15) is 5.82 Å². The molecule has 1 aromatic heterocycles. The monoisotopic (exact) mass is 552 g/mol. The molecular formula is C23H33IN6O2. The van der Waals surface area contributed by atoms with Gasteiger partial charge in [-0.1, -0.05) is 30.3 Å². The van der Waals surface area contributed by atoms with Crippen LogP contribution >= 0.6 is 24.0 Å². The highest BCUT2D eigenvalue weighted by molar-refractivity contribution is 14.0. The molecule has 174 valence electrons. The lowest BCUT2D eigenvalue weighted by Crippen LogP contribution is -2.39. The fourth-order valence-electron chi connectivity index (χ4n) is 3.40. The molecule has 3 rings (SSSR count). The van der Waals surface area contributed by atoms with Gasteiger partial charge in [0.05, 0.1) is 13.2 Å². The maximum absolute atomic E-state index is 12.1. The van der Waals surface area contributed by atoms with E-state index < -0.39 is 0 Å². The minimum atomic E-state index is -0.0862. The summed E-state index contributed by atoms with van der Waals surface area (Å²) < 4.78 is 5.44. The third kappa shape index (κ3) is 8.71. The summed E-state index contributed by atoms with van der Waals surface area (Å²) in [5.74, 6) is 1.16. The fraction of sp³-hybridized carbons (Fsp3) is 0.435. The van der Waals surface area contributed by atoms with Crippen LogP contribution in [0.5, 0.6) is 0 Å². The second-order valence-electron chi connectivity index (χ2n) is 7.47. The van der Waals surface area contributed by atoms with Crippen LogP contribution in [-0.4, -0.2) is 61.6 Å². The molecule has 0 aliphatic carbocycles. The van der Waals surface area contributed by atoms with E-state index in [-0.39, 0.29) is 29.9 Å². The van der Waals surface area contributed by atoms with Crippen LogP contribution in [0.15, 0.2) is 47.5 Å². The van der Waals surface area contributed by atoms with Crippen molar-refractivity contribution in [3.05, 3.63) is 59.3 Å². The van der Waals surface area contributed by atoms with E-state index in [0.29, 0.717) is 31.3 Å². The first-order valence-corrected chi connectivity index (χ1v) is 10.7. The maximum Gasteiger partial charge on any atom is 0.227 e. The summed E-state index contributed by atoms with van der Waals surface area (Å²) in [6.07, 6.45) is 0.323. The topological polar surface area (TPSA) is 90.9 Å². The Hall–Kier alpha value is -2.24. The van der Waals surface area contributed by atoms with E-state index in [0.717, 1.165) is 38.5 Å². The predicted octanol–water partition coefficient (Wildman–Crippen LogP) is 2.53. The quantitative estimate of drug-likeness (QED) is 0.265. The summed E-state index contributed by atoms with van der Waals surface area (Å²) in [6.45, 7) is 7.48. The third-order valence-electron chi connectivity index (χ3n) is 5.09. The highest BCUT2D eigenvalue weighted by atomic mass is 127. The molecule has 0 atom stereocenters. The summed E-state index contributed by atoms with van der Waals surface area (Å²) in [5, 5.41) is 9.36. The smallest absolute Gasteiger partial charge is 0.227 e. The van der Waals surface area contributed by atoms with Crippen molar-refractivity contribution in [3.63, 3.8) is 0 Å². The molecule has 8 nitrogen and oxygen atoms in total. The number of ether oxygens (including phenoxy) is 1. The first kappa shape index (κ1) is 26.0. The highest BCUT2D eigenvalue weighted by Gasteiger charge is 2.13. The van der Waals surface area contributed by atoms with Gasteiger partial charge in [0.2, 0.25) is 5.91 Å². The standard InChI is InChI=1S/C23H32N6O2.HI/c1-18-6-5-9-21(27-18)28-22(30)10-11-25-23(24-2)26-16-19-7-3-4-8-20(19)17-29-12-14-31-15-13-29;/h3-9H,10-17H2,1-2H3,(H2,24,25,26)(H,27,28,30);1H. The first-order chi connectivity index (χ1) is 15.1. The number of rotatable bonds is 8. The number of carbonyl (C=O) groups excluding carboxylic acids is 1. The SMILES string of the molecule is CN=C(NCCC(=O)Nc1cccc(C)n1)NCc1ccccc1CN1CCOCC1.I. The Morgan fingerprint density at radius 1 is 1.09 bits per heavy atom. The lowest BCUT2D eigenvalue weighted by Gasteiger charge is -2.27. The van der Waals surface area contributed by atoms with Gasteiger partial charge in [0.15, 0.2) is 5.96 Å². The van der Waals surface area contributed by atoms with E-state index in [1.54, 1.807) is 13.1 Å². The zero-order valence-electron chi connectivity index (χ0n) is 18.8. The van der Waals surface area contributed by atoms with Crippen LogP contribution in [0.2, 0.25) is 0 Å². The molecule has 1 aromatic carbocycles. The Morgan fingerprint density at radius 3 is 2.56 bits per heavy atom. The van der Waals surface area contributed by atoms with Crippen LogP contribution in [0.4, 0.5) is 5.82 Å². The lowest BCUT2D eigenvalue weighted by atomic mass is 10.1. The lowest BCUT2D eigenvalue weighted by molar-refractivity contribution is -0.116. The van der Waals surface area contributed by atoms with Crippen LogP contribution in [0.3, 0.4) is 0 Å². The molecule has 2 heterocycles. The van der Waals surface area contributed by atoms with E-state index in [1.807, 2.05) is 19.1 Å². The maximum atomic E-state index is 12.1. The van der Waals surface area contributed by atoms with Crippen LogP contribution in [0.1, 0.15) is 23.2 Å². The van der Waals surface area contributed by atoms with Gasteiger partial charge in [-0.15, -0.1) is 24.0 Å².